The van der Waals surface area contributed by atoms with Crippen LogP contribution in [0.4, 0.5) is 0 Å². The zero-order chi connectivity index (χ0) is 18.1. The van der Waals surface area contributed by atoms with Gasteiger partial charge in [0, 0.05) is 18.4 Å². The summed E-state index contributed by atoms with van der Waals surface area (Å²) in [7, 11) is 0. The molecule has 0 unspecified atom stereocenters. The smallest absolute Gasteiger partial charge is 0.146 e. The summed E-state index contributed by atoms with van der Waals surface area (Å²) >= 11 is 0. The minimum absolute atomic E-state index is 0.480. The molecule has 0 bridgehead atoms. The third kappa shape index (κ3) is 2.81. The van der Waals surface area contributed by atoms with Crippen LogP contribution < -0.4 is 5.49 Å². The van der Waals surface area contributed by atoms with Crippen molar-refractivity contribution in [3.8, 4) is 0 Å². The molecule has 1 N–H and O–H groups in total. The second-order valence-corrected chi connectivity index (χ2v) is 6.52. The molecule has 0 atom stereocenters. The van der Waals surface area contributed by atoms with Gasteiger partial charge in [-0.1, -0.05) is 36.4 Å². The SMILES string of the molecule is Cc1c(C)n(Cc2ccccc2)c2ncn(Cc3ccccn3)c(=N)c12. The Morgan fingerprint density at radius 1 is 0.923 bits per heavy atom. The lowest BCUT2D eigenvalue weighted by molar-refractivity contribution is 0.701. The number of nitrogens with one attached hydrogen (secondary N) is 1. The van der Waals surface area contributed by atoms with Gasteiger partial charge in [-0.15, -0.1) is 0 Å². The van der Waals surface area contributed by atoms with E-state index >= 15 is 0 Å². The van der Waals surface area contributed by atoms with Crippen molar-refractivity contribution in [2.24, 2.45) is 0 Å². The lowest BCUT2D eigenvalue weighted by Crippen LogP contribution is -2.22. The lowest BCUT2D eigenvalue weighted by atomic mass is 10.2. The Kier molecular flexibility index (Phi) is 4.13. The zero-order valence-electron chi connectivity index (χ0n) is 15.0. The highest BCUT2D eigenvalue weighted by molar-refractivity contribution is 5.80. The van der Waals surface area contributed by atoms with Crippen LogP contribution in [-0.2, 0) is 13.1 Å². The van der Waals surface area contributed by atoms with Crippen molar-refractivity contribution in [2.45, 2.75) is 26.9 Å². The first-order chi connectivity index (χ1) is 12.6. The molecule has 0 saturated carbocycles. The predicted molar refractivity (Wildman–Crippen MR) is 102 cm³/mol. The summed E-state index contributed by atoms with van der Waals surface area (Å²) in [5.74, 6) is 0. The number of rotatable bonds is 4. The van der Waals surface area contributed by atoms with Gasteiger partial charge in [0.1, 0.15) is 11.1 Å². The average Bonchev–Trinajstić information content (AvgIpc) is 2.91. The van der Waals surface area contributed by atoms with E-state index in [0.29, 0.717) is 12.0 Å². The maximum atomic E-state index is 8.70. The Hall–Kier alpha value is -3.21. The van der Waals surface area contributed by atoms with Crippen LogP contribution in [0.3, 0.4) is 0 Å². The second kappa shape index (κ2) is 6.59. The highest BCUT2D eigenvalue weighted by Gasteiger charge is 2.15. The summed E-state index contributed by atoms with van der Waals surface area (Å²) in [5.41, 5.74) is 5.76. The van der Waals surface area contributed by atoms with Crippen molar-refractivity contribution < 1.29 is 0 Å². The van der Waals surface area contributed by atoms with Gasteiger partial charge in [0.15, 0.2) is 0 Å². The lowest BCUT2D eigenvalue weighted by Gasteiger charge is -2.09. The van der Waals surface area contributed by atoms with Crippen molar-refractivity contribution in [2.75, 3.05) is 0 Å². The van der Waals surface area contributed by atoms with Crippen molar-refractivity contribution in [3.05, 3.63) is 89.1 Å². The molecule has 4 rings (SSSR count). The summed E-state index contributed by atoms with van der Waals surface area (Å²) in [6.07, 6.45) is 3.52. The molecule has 3 aromatic heterocycles. The number of aryl methyl sites for hydroxylation is 1. The molecule has 0 aliphatic carbocycles. The Morgan fingerprint density at radius 3 is 2.42 bits per heavy atom. The van der Waals surface area contributed by atoms with Crippen molar-refractivity contribution in [1.29, 1.82) is 5.41 Å². The van der Waals surface area contributed by atoms with E-state index in [9.17, 15) is 0 Å². The first kappa shape index (κ1) is 16.3. The fourth-order valence-electron chi connectivity index (χ4n) is 3.33. The number of aromatic nitrogens is 4. The molecule has 1 aromatic carbocycles. The van der Waals surface area contributed by atoms with E-state index in [2.05, 4.69) is 35.5 Å². The standard InChI is InChI=1S/C21H21N5/c1-15-16(2)26(12-17-8-4-3-5-9-17)21-19(15)20(22)25(14-24-21)13-18-10-6-7-11-23-18/h3-11,14,22H,12-13H2,1-2H3. The topological polar surface area (TPSA) is 59.5 Å². The molecule has 0 fully saturated rings. The van der Waals surface area contributed by atoms with Crippen molar-refractivity contribution in [1.82, 2.24) is 19.1 Å². The molecule has 0 amide bonds. The molecule has 3 heterocycles. The molecule has 0 aliphatic rings. The number of fused-ring (bicyclic) bond motifs is 1. The molecular formula is C21H21N5. The van der Waals surface area contributed by atoms with Crippen LogP contribution in [-0.4, -0.2) is 19.1 Å². The van der Waals surface area contributed by atoms with Gasteiger partial charge in [-0.3, -0.25) is 10.4 Å². The molecule has 0 spiro atoms. The van der Waals surface area contributed by atoms with E-state index in [1.807, 2.05) is 41.0 Å². The van der Waals surface area contributed by atoms with Gasteiger partial charge in [-0.05, 0) is 37.1 Å². The molecule has 0 aliphatic heterocycles. The van der Waals surface area contributed by atoms with E-state index in [1.165, 1.54) is 5.56 Å². The van der Waals surface area contributed by atoms with Crippen LogP contribution in [0.2, 0.25) is 0 Å². The summed E-state index contributed by atoms with van der Waals surface area (Å²) in [6, 6.07) is 16.2. The minimum atomic E-state index is 0.480. The Balaban J connectivity index is 1.81. The van der Waals surface area contributed by atoms with Gasteiger partial charge in [-0.2, -0.15) is 0 Å². The number of pyridine rings is 1. The van der Waals surface area contributed by atoms with Gasteiger partial charge in [-0.25, -0.2) is 4.98 Å². The summed E-state index contributed by atoms with van der Waals surface area (Å²) < 4.78 is 4.05. The third-order valence-corrected chi connectivity index (χ3v) is 4.89. The van der Waals surface area contributed by atoms with Crippen LogP contribution in [0.25, 0.3) is 11.0 Å². The van der Waals surface area contributed by atoms with Crippen LogP contribution in [0.15, 0.2) is 61.1 Å². The number of benzene rings is 1. The molecule has 4 aromatic rings. The van der Waals surface area contributed by atoms with Gasteiger partial charge in [0.2, 0.25) is 0 Å². The predicted octanol–water partition coefficient (Wildman–Crippen LogP) is 3.43. The van der Waals surface area contributed by atoms with E-state index in [1.54, 1.807) is 12.5 Å². The van der Waals surface area contributed by atoms with Gasteiger partial charge in [0.25, 0.3) is 0 Å². The first-order valence-electron chi connectivity index (χ1n) is 8.68. The van der Waals surface area contributed by atoms with E-state index in [4.69, 9.17) is 10.4 Å². The molecule has 5 nitrogen and oxygen atoms in total. The highest BCUT2D eigenvalue weighted by Crippen LogP contribution is 2.22. The molecule has 0 saturated heterocycles. The van der Waals surface area contributed by atoms with Crippen LogP contribution in [0, 0.1) is 19.3 Å². The van der Waals surface area contributed by atoms with Crippen LogP contribution in [0.1, 0.15) is 22.5 Å². The van der Waals surface area contributed by atoms with Crippen molar-refractivity contribution in [3.63, 3.8) is 0 Å². The number of nitrogens with zero attached hydrogens (tertiary/aromatic N) is 4. The summed E-state index contributed by atoms with van der Waals surface area (Å²) in [4.78, 5) is 9.05. The number of hydrogen-bond acceptors (Lipinski definition) is 3. The molecular weight excluding hydrogens is 322 g/mol. The van der Waals surface area contributed by atoms with Gasteiger partial charge < -0.3 is 9.13 Å². The normalized spacial score (nSPS) is 11.2. The molecule has 0 radical (unpaired) electrons. The largest absolute Gasteiger partial charge is 0.325 e. The summed E-state index contributed by atoms with van der Waals surface area (Å²) in [6.45, 7) is 5.48. The number of hydrogen-bond donors (Lipinski definition) is 1. The zero-order valence-corrected chi connectivity index (χ0v) is 15.0. The highest BCUT2D eigenvalue weighted by atomic mass is 15.1. The van der Waals surface area contributed by atoms with E-state index < -0.39 is 0 Å². The van der Waals surface area contributed by atoms with Crippen molar-refractivity contribution >= 4 is 11.0 Å². The van der Waals surface area contributed by atoms with Crippen LogP contribution >= 0.6 is 0 Å². The first-order valence-corrected chi connectivity index (χ1v) is 8.68. The third-order valence-electron chi connectivity index (χ3n) is 4.89. The fourth-order valence-corrected chi connectivity index (χ4v) is 3.33. The molecule has 130 valence electrons. The summed E-state index contributed by atoms with van der Waals surface area (Å²) in [5, 5.41) is 9.62. The van der Waals surface area contributed by atoms with Crippen LogP contribution in [0.5, 0.6) is 0 Å². The average molecular weight is 343 g/mol. The maximum absolute atomic E-state index is 8.70. The minimum Gasteiger partial charge on any atom is -0.325 e. The van der Waals surface area contributed by atoms with E-state index in [-0.39, 0.29) is 0 Å². The second-order valence-electron chi connectivity index (χ2n) is 6.52. The van der Waals surface area contributed by atoms with Gasteiger partial charge in [0.05, 0.1) is 24.0 Å². The molecule has 26 heavy (non-hydrogen) atoms. The Labute approximate surface area is 152 Å². The molecule has 5 heteroatoms. The maximum Gasteiger partial charge on any atom is 0.146 e. The Bertz CT molecular complexity index is 1110. The fraction of sp³-hybridized carbons (Fsp3) is 0.190. The quantitative estimate of drug-likeness (QED) is 0.617. The monoisotopic (exact) mass is 343 g/mol. The Morgan fingerprint density at radius 2 is 1.69 bits per heavy atom. The van der Waals surface area contributed by atoms with E-state index in [0.717, 1.165) is 34.5 Å². The van der Waals surface area contributed by atoms with Gasteiger partial charge >= 0.3 is 0 Å².